The van der Waals surface area contributed by atoms with Gasteiger partial charge in [-0.2, -0.15) is 0 Å². The van der Waals surface area contributed by atoms with Crippen molar-refractivity contribution < 1.29 is 0 Å². The summed E-state index contributed by atoms with van der Waals surface area (Å²) in [5, 5.41) is 3.27. The molecule has 1 nitrogen and oxygen atoms in total. The van der Waals surface area contributed by atoms with Gasteiger partial charge in [-0.1, -0.05) is 52.4 Å². The van der Waals surface area contributed by atoms with Gasteiger partial charge < -0.3 is 5.32 Å². The van der Waals surface area contributed by atoms with Crippen LogP contribution in [0.2, 0.25) is 0 Å². The Morgan fingerprint density at radius 3 is 3.08 bits per heavy atom. The SMILES string of the molecule is CCCCC(=S)NC1=CC=CI=C1. The van der Waals surface area contributed by atoms with Crippen LogP contribution in [0.15, 0.2) is 21.9 Å². The van der Waals surface area contributed by atoms with Gasteiger partial charge in [0.15, 0.2) is 0 Å². The first-order valence-corrected chi connectivity index (χ1v) is 7.34. The monoisotopic (exact) mass is 307 g/mol. The molecule has 1 aliphatic rings. The molecule has 0 fully saturated rings. The van der Waals surface area contributed by atoms with Gasteiger partial charge in [0.2, 0.25) is 0 Å². The Kier molecular flexibility index (Phi) is 5.46. The molecule has 1 N–H and O–H groups in total. The van der Waals surface area contributed by atoms with Gasteiger partial charge in [0.05, 0.1) is 4.99 Å². The Morgan fingerprint density at radius 1 is 1.62 bits per heavy atom. The first kappa shape index (κ1) is 11.0. The summed E-state index contributed by atoms with van der Waals surface area (Å²) < 4.78 is 4.50. The van der Waals surface area contributed by atoms with E-state index in [-0.39, 0.29) is 20.7 Å². The molecular weight excluding hydrogens is 293 g/mol. The number of rotatable bonds is 4. The molecule has 1 aliphatic heterocycles. The second-order valence-electron chi connectivity index (χ2n) is 2.83. The van der Waals surface area contributed by atoms with E-state index in [1.807, 2.05) is 0 Å². The van der Waals surface area contributed by atoms with Crippen LogP contribution in [-0.2, 0) is 0 Å². The van der Waals surface area contributed by atoms with E-state index in [4.69, 9.17) is 12.2 Å². The zero-order valence-electron chi connectivity index (χ0n) is 7.72. The Hall–Kier alpha value is -0.0300. The highest BCUT2D eigenvalue weighted by molar-refractivity contribution is 14.2. The van der Waals surface area contributed by atoms with Gasteiger partial charge in [0.1, 0.15) is 0 Å². The highest BCUT2D eigenvalue weighted by atomic mass is 127. The number of hydrogen-bond acceptors (Lipinski definition) is 1. The smallest absolute Gasteiger partial charge is 0.0797 e. The average Bonchev–Trinajstić information content (AvgIpc) is 2.16. The number of hydrogen-bond donors (Lipinski definition) is 1. The van der Waals surface area contributed by atoms with E-state index in [1.54, 1.807) is 0 Å². The highest BCUT2D eigenvalue weighted by Gasteiger charge is 1.98. The molecule has 0 aromatic carbocycles. The van der Waals surface area contributed by atoms with E-state index in [9.17, 15) is 0 Å². The standard InChI is InChI=1S/C10H14INS/c1-2-3-6-10(13)12-9-5-4-7-11-8-9/h4-5,7-8H,2-3,6H2,1H3,(H,12,13). The Balaban J connectivity index is 2.32. The maximum atomic E-state index is 5.22. The van der Waals surface area contributed by atoms with Crippen LogP contribution in [0.25, 0.3) is 0 Å². The number of unbranched alkanes of at least 4 members (excludes halogenated alkanes) is 1. The van der Waals surface area contributed by atoms with Crippen molar-refractivity contribution in [3.8, 4) is 0 Å². The third-order valence-electron chi connectivity index (χ3n) is 1.64. The minimum atomic E-state index is 0.133. The molecule has 0 radical (unpaired) electrons. The quantitative estimate of drug-likeness (QED) is 0.632. The first-order valence-electron chi connectivity index (χ1n) is 4.45. The summed E-state index contributed by atoms with van der Waals surface area (Å²) in [6.45, 7) is 2.18. The van der Waals surface area contributed by atoms with Crippen LogP contribution < -0.4 is 5.32 Å². The van der Waals surface area contributed by atoms with Crippen molar-refractivity contribution >= 4 is 41.9 Å². The molecule has 0 saturated heterocycles. The molecule has 1 heterocycles. The predicted molar refractivity (Wildman–Crippen MR) is 72.6 cm³/mol. The van der Waals surface area contributed by atoms with Crippen LogP contribution in [0.5, 0.6) is 0 Å². The lowest BCUT2D eigenvalue weighted by Gasteiger charge is -2.08. The topological polar surface area (TPSA) is 12.0 Å². The molecule has 0 saturated carbocycles. The van der Waals surface area contributed by atoms with E-state index in [0.29, 0.717) is 0 Å². The Labute approximate surface area is 95.0 Å². The third-order valence-corrected chi connectivity index (χ3v) is 3.81. The van der Waals surface area contributed by atoms with Gasteiger partial charge in [-0.3, -0.25) is 0 Å². The minimum Gasteiger partial charge on any atom is -0.350 e. The molecule has 0 amide bonds. The summed E-state index contributed by atoms with van der Waals surface area (Å²) in [6.07, 6.45) is 7.60. The Morgan fingerprint density at radius 2 is 2.46 bits per heavy atom. The van der Waals surface area contributed by atoms with Gasteiger partial charge >= 0.3 is 0 Å². The second-order valence-corrected chi connectivity index (χ2v) is 5.38. The lowest BCUT2D eigenvalue weighted by molar-refractivity contribution is 0.829. The molecule has 0 aliphatic carbocycles. The summed E-state index contributed by atoms with van der Waals surface area (Å²) in [4.78, 5) is 0.976. The van der Waals surface area contributed by atoms with Crippen LogP contribution in [0, 0.1) is 0 Å². The van der Waals surface area contributed by atoms with Gasteiger partial charge in [0, 0.05) is 5.70 Å². The van der Waals surface area contributed by atoms with Crippen LogP contribution in [-0.4, -0.2) is 9.00 Å². The summed E-state index contributed by atoms with van der Waals surface area (Å²) >= 11 is 5.35. The molecule has 13 heavy (non-hydrogen) atoms. The molecule has 3 heteroatoms. The molecule has 0 aromatic rings. The summed E-state index contributed by atoms with van der Waals surface area (Å²) in [7, 11) is 0. The number of nitrogens with one attached hydrogen (secondary N) is 1. The van der Waals surface area contributed by atoms with Crippen molar-refractivity contribution in [1.82, 2.24) is 5.32 Å². The minimum absolute atomic E-state index is 0.133. The molecule has 0 aromatic heterocycles. The molecule has 0 bridgehead atoms. The van der Waals surface area contributed by atoms with E-state index < -0.39 is 0 Å². The fourth-order valence-electron chi connectivity index (χ4n) is 0.952. The zero-order valence-corrected chi connectivity index (χ0v) is 10.7. The number of allylic oxidation sites excluding steroid dienone is 3. The maximum Gasteiger partial charge on any atom is 0.0797 e. The van der Waals surface area contributed by atoms with Crippen molar-refractivity contribution in [1.29, 1.82) is 0 Å². The molecular formula is C10H14INS. The molecule has 0 spiro atoms. The van der Waals surface area contributed by atoms with Crippen LogP contribution in [0.3, 0.4) is 0 Å². The van der Waals surface area contributed by atoms with Crippen molar-refractivity contribution in [3.63, 3.8) is 0 Å². The lowest BCUT2D eigenvalue weighted by Crippen LogP contribution is -2.21. The van der Waals surface area contributed by atoms with E-state index in [2.05, 4.69) is 32.5 Å². The van der Waals surface area contributed by atoms with Crippen LogP contribution in [0.4, 0.5) is 0 Å². The van der Waals surface area contributed by atoms with Crippen LogP contribution >= 0.6 is 32.9 Å². The fourth-order valence-corrected chi connectivity index (χ4v) is 2.62. The highest BCUT2D eigenvalue weighted by Crippen LogP contribution is 2.07. The summed E-state index contributed by atoms with van der Waals surface area (Å²) in [5.41, 5.74) is 1.19. The largest absolute Gasteiger partial charge is 0.350 e. The molecule has 0 atom stereocenters. The second kappa shape index (κ2) is 6.43. The fraction of sp³-hybridized carbons (Fsp3) is 0.400. The molecule has 1 rings (SSSR count). The van der Waals surface area contributed by atoms with Gasteiger partial charge in [-0.15, -0.1) is 0 Å². The number of halogens is 1. The summed E-state index contributed by atoms with van der Waals surface area (Å²) in [5.74, 6) is 0. The Bertz CT molecular complexity index is 266. The average molecular weight is 307 g/mol. The van der Waals surface area contributed by atoms with Gasteiger partial charge in [0.25, 0.3) is 0 Å². The lowest BCUT2D eigenvalue weighted by atomic mass is 10.2. The van der Waals surface area contributed by atoms with Crippen molar-refractivity contribution in [2.24, 2.45) is 0 Å². The third kappa shape index (κ3) is 4.67. The maximum absolute atomic E-state index is 5.22. The van der Waals surface area contributed by atoms with E-state index in [0.717, 1.165) is 11.4 Å². The normalized spacial score (nSPS) is 14.7. The molecule has 0 unspecified atom stereocenters. The summed E-state index contributed by atoms with van der Waals surface area (Å²) in [6, 6.07) is 0. The van der Waals surface area contributed by atoms with Crippen molar-refractivity contribution in [3.05, 3.63) is 21.9 Å². The first-order chi connectivity index (χ1) is 6.33. The number of thiocarbonyl (C=S) groups is 1. The van der Waals surface area contributed by atoms with E-state index in [1.165, 1.54) is 18.5 Å². The van der Waals surface area contributed by atoms with Gasteiger partial charge in [-0.25, -0.2) is 0 Å². The zero-order chi connectivity index (χ0) is 9.52. The van der Waals surface area contributed by atoms with Crippen LogP contribution in [0.1, 0.15) is 26.2 Å². The van der Waals surface area contributed by atoms with Crippen molar-refractivity contribution in [2.45, 2.75) is 26.2 Å². The van der Waals surface area contributed by atoms with E-state index >= 15 is 0 Å². The van der Waals surface area contributed by atoms with Crippen molar-refractivity contribution in [2.75, 3.05) is 0 Å². The predicted octanol–water partition coefficient (Wildman–Crippen LogP) is 3.28. The van der Waals surface area contributed by atoms with Gasteiger partial charge in [-0.05, 0) is 27.0 Å². The molecule has 72 valence electrons.